The molecule has 0 unspecified atom stereocenters. The Morgan fingerprint density at radius 1 is 1.23 bits per heavy atom. The molecule has 162 valence electrons. The van der Waals surface area contributed by atoms with E-state index in [2.05, 4.69) is 10.1 Å². The lowest BCUT2D eigenvalue weighted by atomic mass is 10.2. The van der Waals surface area contributed by atoms with Crippen molar-refractivity contribution in [3.05, 3.63) is 58.9 Å². The number of sulfonamides is 1. The second kappa shape index (κ2) is 8.41. The summed E-state index contributed by atoms with van der Waals surface area (Å²) in [5, 5.41) is 4.45. The van der Waals surface area contributed by atoms with Gasteiger partial charge in [-0.25, -0.2) is 8.42 Å². The summed E-state index contributed by atoms with van der Waals surface area (Å²) in [5.74, 6) is 0.554. The van der Waals surface area contributed by atoms with E-state index in [1.807, 2.05) is 0 Å². The Labute approximate surface area is 185 Å². The maximum absolute atomic E-state index is 13.0. The highest BCUT2D eigenvalue weighted by Crippen LogP contribution is 2.28. The standard InChI is InChI=1S/C21H21ClN4O4S/c1-14-11-17(8-9-18(14)26-10-4-7-20(26)27)31(28,29)25(2)13-19-23-21(24-30-19)15-5-3-6-16(22)12-15/h3,5-6,8-9,11-12H,4,7,10,13H2,1-2H3. The van der Waals surface area contributed by atoms with E-state index in [4.69, 9.17) is 16.1 Å². The summed E-state index contributed by atoms with van der Waals surface area (Å²) in [6.45, 7) is 2.37. The van der Waals surface area contributed by atoms with E-state index in [9.17, 15) is 13.2 Å². The highest BCUT2D eigenvalue weighted by Gasteiger charge is 2.27. The molecule has 1 fully saturated rings. The fraction of sp³-hybridized carbons (Fsp3) is 0.286. The molecule has 0 aliphatic carbocycles. The normalized spacial score (nSPS) is 14.6. The van der Waals surface area contributed by atoms with Crippen molar-refractivity contribution >= 4 is 33.2 Å². The van der Waals surface area contributed by atoms with Gasteiger partial charge in [0.15, 0.2) is 0 Å². The second-order valence-corrected chi connectivity index (χ2v) is 9.86. The van der Waals surface area contributed by atoms with Crippen molar-refractivity contribution in [1.82, 2.24) is 14.4 Å². The van der Waals surface area contributed by atoms with Crippen molar-refractivity contribution in [2.75, 3.05) is 18.5 Å². The molecule has 1 aromatic heterocycles. The molecule has 0 spiro atoms. The maximum atomic E-state index is 13.0. The van der Waals surface area contributed by atoms with Crippen LogP contribution in [-0.4, -0.2) is 42.4 Å². The highest BCUT2D eigenvalue weighted by atomic mass is 35.5. The summed E-state index contributed by atoms with van der Waals surface area (Å²) in [7, 11) is -2.34. The average molecular weight is 461 g/mol. The Morgan fingerprint density at radius 2 is 2.03 bits per heavy atom. The van der Waals surface area contributed by atoms with Crippen molar-refractivity contribution in [2.45, 2.75) is 31.2 Å². The van der Waals surface area contributed by atoms with Gasteiger partial charge >= 0.3 is 0 Å². The number of carbonyl (C=O) groups is 1. The van der Waals surface area contributed by atoms with Crippen LogP contribution in [0, 0.1) is 6.92 Å². The van der Waals surface area contributed by atoms with Crippen LogP contribution in [0.4, 0.5) is 5.69 Å². The quantitative estimate of drug-likeness (QED) is 0.557. The zero-order chi connectivity index (χ0) is 22.2. The van der Waals surface area contributed by atoms with Crippen molar-refractivity contribution in [3.63, 3.8) is 0 Å². The molecule has 2 heterocycles. The third-order valence-corrected chi connectivity index (χ3v) is 7.18. The molecule has 0 N–H and O–H groups in total. The SMILES string of the molecule is Cc1cc(S(=O)(=O)N(C)Cc2nc(-c3cccc(Cl)c3)no2)ccc1N1CCCC1=O. The predicted octanol–water partition coefficient (Wildman–Crippen LogP) is 3.65. The first-order chi connectivity index (χ1) is 14.8. The molecule has 0 atom stereocenters. The zero-order valence-corrected chi connectivity index (χ0v) is 18.7. The van der Waals surface area contributed by atoms with Crippen LogP contribution in [-0.2, 0) is 21.4 Å². The third-order valence-electron chi connectivity index (χ3n) is 5.15. The minimum atomic E-state index is -3.79. The lowest BCUT2D eigenvalue weighted by Crippen LogP contribution is -2.27. The van der Waals surface area contributed by atoms with E-state index in [-0.39, 0.29) is 23.2 Å². The number of hydrogen-bond acceptors (Lipinski definition) is 6. The van der Waals surface area contributed by atoms with Gasteiger partial charge in [-0.1, -0.05) is 28.9 Å². The van der Waals surface area contributed by atoms with Gasteiger partial charge in [0.25, 0.3) is 0 Å². The molecule has 31 heavy (non-hydrogen) atoms. The summed E-state index contributed by atoms with van der Waals surface area (Å²) < 4.78 is 32.5. The van der Waals surface area contributed by atoms with E-state index in [0.717, 1.165) is 22.0 Å². The van der Waals surface area contributed by atoms with Crippen LogP contribution in [0.5, 0.6) is 0 Å². The summed E-state index contributed by atoms with van der Waals surface area (Å²) in [4.78, 5) is 18.1. The number of aromatic nitrogens is 2. The lowest BCUT2D eigenvalue weighted by Gasteiger charge is -2.20. The van der Waals surface area contributed by atoms with Crippen LogP contribution < -0.4 is 4.90 Å². The molecule has 2 aromatic carbocycles. The first-order valence-corrected chi connectivity index (χ1v) is 11.5. The van der Waals surface area contributed by atoms with E-state index < -0.39 is 10.0 Å². The molecule has 4 rings (SSSR count). The van der Waals surface area contributed by atoms with Crippen LogP contribution in [0.1, 0.15) is 24.3 Å². The minimum absolute atomic E-state index is 0.0581. The Bertz CT molecular complexity index is 1240. The molecule has 1 saturated heterocycles. The summed E-state index contributed by atoms with van der Waals surface area (Å²) in [6, 6.07) is 11.8. The summed E-state index contributed by atoms with van der Waals surface area (Å²) in [6.07, 6.45) is 1.33. The van der Waals surface area contributed by atoms with Crippen LogP contribution in [0.3, 0.4) is 0 Å². The Balaban J connectivity index is 1.52. The largest absolute Gasteiger partial charge is 0.338 e. The fourth-order valence-electron chi connectivity index (χ4n) is 3.51. The van der Waals surface area contributed by atoms with E-state index in [0.29, 0.717) is 29.4 Å². The molecule has 0 bridgehead atoms. The number of aryl methyl sites for hydroxylation is 1. The number of anilines is 1. The number of rotatable bonds is 6. The van der Waals surface area contributed by atoms with E-state index in [1.165, 1.54) is 13.1 Å². The monoisotopic (exact) mass is 460 g/mol. The predicted molar refractivity (Wildman–Crippen MR) is 116 cm³/mol. The molecule has 0 radical (unpaired) electrons. The first kappa shape index (κ1) is 21.5. The Hall–Kier alpha value is -2.75. The van der Waals surface area contributed by atoms with Crippen molar-refractivity contribution in [3.8, 4) is 11.4 Å². The van der Waals surface area contributed by atoms with Crippen LogP contribution in [0.25, 0.3) is 11.4 Å². The third kappa shape index (κ3) is 4.34. The van der Waals surface area contributed by atoms with Gasteiger partial charge in [0.05, 0.1) is 11.4 Å². The van der Waals surface area contributed by atoms with Crippen LogP contribution >= 0.6 is 11.6 Å². The van der Waals surface area contributed by atoms with Gasteiger partial charge in [0, 0.05) is 36.3 Å². The Morgan fingerprint density at radius 3 is 2.71 bits per heavy atom. The number of hydrogen-bond donors (Lipinski definition) is 0. The van der Waals surface area contributed by atoms with Gasteiger partial charge in [-0.15, -0.1) is 0 Å². The number of nitrogens with zero attached hydrogens (tertiary/aromatic N) is 4. The number of halogens is 1. The molecule has 1 aliphatic rings. The van der Waals surface area contributed by atoms with E-state index >= 15 is 0 Å². The molecule has 8 nitrogen and oxygen atoms in total. The number of amides is 1. The van der Waals surface area contributed by atoms with Crippen molar-refractivity contribution in [2.24, 2.45) is 0 Å². The van der Waals surface area contributed by atoms with Crippen LogP contribution in [0.2, 0.25) is 5.02 Å². The van der Waals surface area contributed by atoms with Crippen molar-refractivity contribution < 1.29 is 17.7 Å². The summed E-state index contributed by atoms with van der Waals surface area (Å²) >= 11 is 5.99. The van der Waals surface area contributed by atoms with Gasteiger partial charge in [-0.2, -0.15) is 9.29 Å². The molecular formula is C21H21ClN4O4S. The lowest BCUT2D eigenvalue weighted by molar-refractivity contribution is -0.117. The van der Waals surface area contributed by atoms with Gasteiger partial charge in [0.1, 0.15) is 0 Å². The van der Waals surface area contributed by atoms with Crippen molar-refractivity contribution in [1.29, 1.82) is 0 Å². The first-order valence-electron chi connectivity index (χ1n) is 9.71. The smallest absolute Gasteiger partial charge is 0.243 e. The van der Waals surface area contributed by atoms with Crippen LogP contribution in [0.15, 0.2) is 51.9 Å². The molecule has 0 saturated carbocycles. The highest BCUT2D eigenvalue weighted by molar-refractivity contribution is 7.89. The molecule has 1 amide bonds. The maximum Gasteiger partial charge on any atom is 0.243 e. The van der Waals surface area contributed by atoms with Gasteiger partial charge in [-0.05, 0) is 49.2 Å². The fourth-order valence-corrected chi connectivity index (χ4v) is 4.91. The molecule has 10 heteroatoms. The molecule has 1 aliphatic heterocycles. The number of carbonyl (C=O) groups excluding carboxylic acids is 1. The number of benzene rings is 2. The average Bonchev–Trinajstić information content (AvgIpc) is 3.37. The summed E-state index contributed by atoms with van der Waals surface area (Å²) in [5.41, 5.74) is 2.15. The molecule has 3 aromatic rings. The topological polar surface area (TPSA) is 96.6 Å². The van der Waals surface area contributed by atoms with Gasteiger partial charge in [0.2, 0.25) is 27.6 Å². The zero-order valence-electron chi connectivity index (χ0n) is 17.1. The Kier molecular flexibility index (Phi) is 5.83. The second-order valence-electron chi connectivity index (χ2n) is 7.38. The molecular weight excluding hydrogens is 440 g/mol. The van der Waals surface area contributed by atoms with E-state index in [1.54, 1.807) is 48.2 Å². The van der Waals surface area contributed by atoms with Gasteiger partial charge < -0.3 is 9.42 Å². The van der Waals surface area contributed by atoms with Gasteiger partial charge in [-0.3, -0.25) is 4.79 Å². The minimum Gasteiger partial charge on any atom is -0.338 e.